The summed E-state index contributed by atoms with van der Waals surface area (Å²) in [5.41, 5.74) is -5.75. The lowest BCUT2D eigenvalue weighted by Crippen LogP contribution is -2.22. The molecule has 0 saturated heterocycles. The zero-order valence-electron chi connectivity index (χ0n) is 10.9. The maximum absolute atomic E-state index is 10.7. The van der Waals surface area contributed by atoms with Crippen LogP contribution < -0.4 is 4.74 Å². The average molecular weight is 425 g/mol. The van der Waals surface area contributed by atoms with Crippen LogP contribution in [0.25, 0.3) is 0 Å². The SMILES string of the molecule is CC(C)(C)Oc1ccc(I)cc1.O=S(=O)([O-])C(F)(F)F. The van der Waals surface area contributed by atoms with Gasteiger partial charge in [0.15, 0.2) is 10.1 Å². The molecule has 0 unspecified atom stereocenters. The number of ether oxygens (including phenoxy) is 1. The summed E-state index contributed by atoms with van der Waals surface area (Å²) in [6, 6.07) is 8.07. The van der Waals surface area contributed by atoms with E-state index < -0.39 is 15.6 Å². The molecule has 1 aromatic rings. The molecular formula is C11H13F3IO4S-. The highest BCUT2D eigenvalue weighted by atomic mass is 127. The molecule has 1 aromatic carbocycles. The molecule has 0 radical (unpaired) electrons. The first kappa shape index (κ1) is 19.4. The number of halogens is 4. The van der Waals surface area contributed by atoms with Gasteiger partial charge in [0.2, 0.25) is 0 Å². The Kier molecular flexibility index (Phi) is 6.75. The minimum atomic E-state index is -6.09. The zero-order valence-corrected chi connectivity index (χ0v) is 13.8. The summed E-state index contributed by atoms with van der Waals surface area (Å²) in [7, 11) is -6.09. The van der Waals surface area contributed by atoms with Crippen LogP contribution in [0.15, 0.2) is 24.3 Å². The molecule has 4 nitrogen and oxygen atoms in total. The molecule has 116 valence electrons. The lowest BCUT2D eigenvalue weighted by atomic mass is 10.2. The van der Waals surface area contributed by atoms with Crippen molar-refractivity contribution < 1.29 is 30.9 Å². The molecule has 0 N–H and O–H groups in total. The number of rotatable bonds is 1. The van der Waals surface area contributed by atoms with Crippen LogP contribution in [0.3, 0.4) is 0 Å². The fraction of sp³-hybridized carbons (Fsp3) is 0.455. The first-order chi connectivity index (χ1) is 8.72. The molecule has 0 saturated carbocycles. The van der Waals surface area contributed by atoms with Crippen LogP contribution >= 0.6 is 22.6 Å². The standard InChI is InChI=1S/C10H13IO.CHF3O3S/c1-10(2,3)12-9-6-4-8(11)5-7-9;2-1(3,4)8(5,6)7/h4-7H,1-3H3;(H,5,6,7)/p-1. The molecule has 1 rings (SSSR count). The molecule has 0 aliphatic heterocycles. The van der Waals surface area contributed by atoms with E-state index in [0.29, 0.717) is 0 Å². The molecule has 0 amide bonds. The highest BCUT2D eigenvalue weighted by Crippen LogP contribution is 2.20. The highest BCUT2D eigenvalue weighted by molar-refractivity contribution is 14.1. The molecule has 9 heteroatoms. The van der Waals surface area contributed by atoms with Crippen molar-refractivity contribution in [2.75, 3.05) is 0 Å². The molecular weight excluding hydrogens is 412 g/mol. The Morgan fingerprint density at radius 2 is 1.45 bits per heavy atom. The Labute approximate surface area is 129 Å². The van der Waals surface area contributed by atoms with Crippen molar-refractivity contribution in [1.29, 1.82) is 0 Å². The van der Waals surface area contributed by atoms with Crippen LogP contribution in [0.5, 0.6) is 5.75 Å². The predicted molar refractivity (Wildman–Crippen MR) is 75.3 cm³/mol. The Morgan fingerprint density at radius 1 is 1.10 bits per heavy atom. The quantitative estimate of drug-likeness (QED) is 0.393. The predicted octanol–water partition coefficient (Wildman–Crippen LogP) is 3.52. The third kappa shape index (κ3) is 8.59. The van der Waals surface area contributed by atoms with Crippen molar-refractivity contribution in [3.63, 3.8) is 0 Å². The van der Waals surface area contributed by atoms with Crippen molar-refractivity contribution in [1.82, 2.24) is 0 Å². The summed E-state index contributed by atoms with van der Waals surface area (Å²) < 4.78 is 65.8. The maximum atomic E-state index is 10.7. The number of alkyl halides is 3. The summed E-state index contributed by atoms with van der Waals surface area (Å²) in [5, 5.41) is 0. The topological polar surface area (TPSA) is 66.4 Å². The van der Waals surface area contributed by atoms with E-state index in [0.717, 1.165) is 5.75 Å². The second kappa shape index (κ2) is 6.94. The second-order valence-electron chi connectivity index (χ2n) is 4.57. The summed E-state index contributed by atoms with van der Waals surface area (Å²) in [5.74, 6) is 0.933. The highest BCUT2D eigenvalue weighted by Gasteiger charge is 2.36. The molecule has 0 fully saturated rings. The lowest BCUT2D eigenvalue weighted by molar-refractivity contribution is -0.0517. The molecule has 0 heterocycles. The first-order valence-corrected chi connectivity index (χ1v) is 7.68. The van der Waals surface area contributed by atoms with Gasteiger partial charge in [-0.05, 0) is 67.6 Å². The van der Waals surface area contributed by atoms with Gasteiger partial charge in [0.1, 0.15) is 11.4 Å². The fourth-order valence-corrected chi connectivity index (χ4v) is 1.22. The van der Waals surface area contributed by atoms with E-state index in [2.05, 4.69) is 22.6 Å². The van der Waals surface area contributed by atoms with Crippen LogP contribution in [0.2, 0.25) is 0 Å². The summed E-state index contributed by atoms with van der Waals surface area (Å²) in [6.45, 7) is 6.14. The van der Waals surface area contributed by atoms with Gasteiger partial charge in [0, 0.05) is 3.57 Å². The van der Waals surface area contributed by atoms with Crippen molar-refractivity contribution in [2.24, 2.45) is 0 Å². The van der Waals surface area contributed by atoms with Gasteiger partial charge in [-0.1, -0.05) is 0 Å². The van der Waals surface area contributed by atoms with Gasteiger partial charge in [0.05, 0.1) is 0 Å². The second-order valence-corrected chi connectivity index (χ2v) is 7.19. The molecule has 0 spiro atoms. The van der Waals surface area contributed by atoms with E-state index in [1.807, 2.05) is 45.0 Å². The van der Waals surface area contributed by atoms with Crippen molar-refractivity contribution >= 4 is 32.7 Å². The molecule has 0 bridgehead atoms. The monoisotopic (exact) mass is 425 g/mol. The van der Waals surface area contributed by atoms with E-state index in [9.17, 15) is 13.2 Å². The molecule has 0 atom stereocenters. The fourth-order valence-electron chi connectivity index (χ4n) is 0.856. The third-order valence-corrected chi connectivity index (χ3v) is 2.81. The van der Waals surface area contributed by atoms with Crippen LogP contribution in [0.4, 0.5) is 13.2 Å². The summed E-state index contributed by atoms with van der Waals surface area (Å²) in [6.07, 6.45) is 0. The van der Waals surface area contributed by atoms with E-state index in [-0.39, 0.29) is 5.60 Å². The molecule has 0 aliphatic rings. The van der Waals surface area contributed by atoms with Gasteiger partial charge < -0.3 is 9.29 Å². The molecule has 20 heavy (non-hydrogen) atoms. The lowest BCUT2D eigenvalue weighted by Gasteiger charge is -2.21. The van der Waals surface area contributed by atoms with Gasteiger partial charge in [-0.25, -0.2) is 8.42 Å². The number of hydrogen-bond donors (Lipinski definition) is 0. The minimum Gasteiger partial charge on any atom is -0.741 e. The Hall–Kier alpha value is -0.550. The smallest absolute Gasteiger partial charge is 0.485 e. The van der Waals surface area contributed by atoms with Gasteiger partial charge in [0.25, 0.3) is 0 Å². The molecule has 0 aromatic heterocycles. The third-order valence-electron chi connectivity index (χ3n) is 1.52. The average Bonchev–Trinajstić information content (AvgIpc) is 2.17. The van der Waals surface area contributed by atoms with Gasteiger partial charge >= 0.3 is 5.51 Å². The van der Waals surface area contributed by atoms with Gasteiger partial charge in [-0.15, -0.1) is 0 Å². The van der Waals surface area contributed by atoms with Gasteiger partial charge in [-0.2, -0.15) is 13.2 Å². The van der Waals surface area contributed by atoms with Crippen molar-refractivity contribution in [3.8, 4) is 5.75 Å². The van der Waals surface area contributed by atoms with Crippen LogP contribution in [0, 0.1) is 3.57 Å². The largest absolute Gasteiger partial charge is 0.741 e. The Balaban J connectivity index is 0.000000396. The van der Waals surface area contributed by atoms with E-state index in [4.69, 9.17) is 17.7 Å². The van der Waals surface area contributed by atoms with E-state index in [1.165, 1.54) is 3.57 Å². The molecule has 0 aliphatic carbocycles. The Bertz CT molecular complexity index is 518. The zero-order chi connectivity index (χ0) is 16.2. The van der Waals surface area contributed by atoms with E-state index in [1.54, 1.807) is 0 Å². The van der Waals surface area contributed by atoms with Gasteiger partial charge in [-0.3, -0.25) is 0 Å². The van der Waals surface area contributed by atoms with Crippen molar-refractivity contribution in [3.05, 3.63) is 27.8 Å². The van der Waals surface area contributed by atoms with Crippen LogP contribution in [-0.2, 0) is 10.1 Å². The summed E-state index contributed by atoms with van der Waals surface area (Å²) >= 11 is 2.28. The van der Waals surface area contributed by atoms with Crippen LogP contribution in [-0.4, -0.2) is 24.1 Å². The van der Waals surface area contributed by atoms with Crippen LogP contribution in [0.1, 0.15) is 20.8 Å². The summed E-state index contributed by atoms with van der Waals surface area (Å²) in [4.78, 5) is 0. The van der Waals surface area contributed by atoms with Crippen molar-refractivity contribution in [2.45, 2.75) is 31.9 Å². The number of hydrogen-bond acceptors (Lipinski definition) is 4. The minimum absolute atomic E-state index is 0.104. The Morgan fingerprint density at radius 3 is 1.70 bits per heavy atom. The maximum Gasteiger partial charge on any atom is 0.485 e. The van der Waals surface area contributed by atoms with E-state index >= 15 is 0 Å². The normalized spacial score (nSPS) is 12.4. The number of benzene rings is 1. The first-order valence-electron chi connectivity index (χ1n) is 5.19.